The molecule has 0 saturated carbocycles. The smallest absolute Gasteiger partial charge is 0.123 e. The highest BCUT2D eigenvalue weighted by Crippen LogP contribution is 2.24. The molecule has 2 rings (SSSR count). The molecule has 1 heterocycles. The van der Waals surface area contributed by atoms with Gasteiger partial charge in [0.15, 0.2) is 0 Å². The van der Waals surface area contributed by atoms with E-state index in [1.54, 1.807) is 12.1 Å². The number of rotatable bonds is 4. The Morgan fingerprint density at radius 3 is 2.44 bits per heavy atom. The lowest BCUT2D eigenvalue weighted by Crippen LogP contribution is -2.42. The largest absolute Gasteiger partial charge is 0.384 e. The van der Waals surface area contributed by atoms with Gasteiger partial charge >= 0.3 is 0 Å². The lowest BCUT2D eigenvalue weighted by molar-refractivity contribution is 0.281. The summed E-state index contributed by atoms with van der Waals surface area (Å²) in [6.45, 7) is 8.88. The Hall–Kier alpha value is -0.740. The Labute approximate surface area is 113 Å². The van der Waals surface area contributed by atoms with Gasteiger partial charge in [-0.1, -0.05) is 13.8 Å². The molecule has 1 N–H and O–H groups in total. The van der Waals surface area contributed by atoms with Crippen LogP contribution in [0.3, 0.4) is 0 Å². The standard InChI is InChI=1S/C14H21FN2S/c1-11-9-17(10-12(2)18-11)8-7-16-14-5-3-13(15)4-6-14/h3-6,11-12,16H,7-10H2,1-2H3. The minimum absolute atomic E-state index is 0.184. The first kappa shape index (κ1) is 13.7. The molecule has 0 radical (unpaired) electrons. The number of hydrogen-bond acceptors (Lipinski definition) is 3. The van der Waals surface area contributed by atoms with Gasteiger partial charge in [0.2, 0.25) is 0 Å². The molecule has 0 amide bonds. The van der Waals surface area contributed by atoms with Crippen LogP contribution in [0.2, 0.25) is 0 Å². The van der Waals surface area contributed by atoms with Crippen molar-refractivity contribution in [1.29, 1.82) is 0 Å². The molecular formula is C14H21FN2S. The molecule has 2 nitrogen and oxygen atoms in total. The molecule has 1 aromatic rings. The molecule has 1 aliphatic rings. The number of benzene rings is 1. The van der Waals surface area contributed by atoms with Crippen molar-refractivity contribution in [3.63, 3.8) is 0 Å². The van der Waals surface area contributed by atoms with Crippen molar-refractivity contribution < 1.29 is 4.39 Å². The normalized spacial score (nSPS) is 25.1. The molecule has 2 atom stereocenters. The van der Waals surface area contributed by atoms with Crippen LogP contribution in [0.1, 0.15) is 13.8 Å². The molecular weight excluding hydrogens is 247 g/mol. The first-order valence-corrected chi connectivity index (χ1v) is 7.45. The zero-order valence-corrected chi connectivity index (χ0v) is 11.8. The van der Waals surface area contributed by atoms with E-state index in [1.165, 1.54) is 25.2 Å². The molecule has 1 saturated heterocycles. The van der Waals surface area contributed by atoms with Gasteiger partial charge in [0.25, 0.3) is 0 Å². The first-order chi connectivity index (χ1) is 8.63. The zero-order valence-electron chi connectivity index (χ0n) is 11.0. The molecule has 1 aromatic carbocycles. The minimum atomic E-state index is -0.184. The Kier molecular flexibility index (Phi) is 4.89. The summed E-state index contributed by atoms with van der Waals surface area (Å²) in [5.41, 5.74) is 0.990. The van der Waals surface area contributed by atoms with E-state index in [9.17, 15) is 4.39 Å². The molecule has 1 aliphatic heterocycles. The summed E-state index contributed by atoms with van der Waals surface area (Å²) in [5, 5.41) is 4.78. The molecule has 0 spiro atoms. The quantitative estimate of drug-likeness (QED) is 0.903. The molecule has 0 bridgehead atoms. The minimum Gasteiger partial charge on any atom is -0.384 e. The number of thioether (sulfide) groups is 1. The highest BCUT2D eigenvalue weighted by molar-refractivity contribution is 8.00. The monoisotopic (exact) mass is 268 g/mol. The van der Waals surface area contributed by atoms with Crippen molar-refractivity contribution >= 4 is 17.4 Å². The predicted octanol–water partition coefficient (Wildman–Crippen LogP) is 3.06. The van der Waals surface area contributed by atoms with Crippen LogP contribution in [0.25, 0.3) is 0 Å². The third kappa shape index (κ3) is 4.18. The van der Waals surface area contributed by atoms with Gasteiger partial charge in [-0.15, -0.1) is 0 Å². The van der Waals surface area contributed by atoms with Crippen LogP contribution in [0, 0.1) is 5.82 Å². The number of halogens is 1. The van der Waals surface area contributed by atoms with E-state index in [2.05, 4.69) is 35.8 Å². The van der Waals surface area contributed by atoms with E-state index in [0.717, 1.165) is 29.3 Å². The van der Waals surface area contributed by atoms with E-state index < -0.39 is 0 Å². The Bertz CT molecular complexity index is 359. The molecule has 2 unspecified atom stereocenters. The maximum atomic E-state index is 12.7. The Morgan fingerprint density at radius 1 is 1.22 bits per heavy atom. The lowest BCUT2D eigenvalue weighted by atomic mass is 10.3. The third-order valence-corrected chi connectivity index (χ3v) is 4.32. The average molecular weight is 268 g/mol. The van der Waals surface area contributed by atoms with E-state index in [1.807, 2.05) is 0 Å². The van der Waals surface area contributed by atoms with Crippen LogP contribution in [0.4, 0.5) is 10.1 Å². The van der Waals surface area contributed by atoms with Crippen LogP contribution in [-0.2, 0) is 0 Å². The summed E-state index contributed by atoms with van der Waals surface area (Å²) in [6.07, 6.45) is 0. The summed E-state index contributed by atoms with van der Waals surface area (Å²) in [7, 11) is 0. The highest BCUT2D eigenvalue weighted by atomic mass is 32.2. The first-order valence-electron chi connectivity index (χ1n) is 6.51. The van der Waals surface area contributed by atoms with Crippen LogP contribution >= 0.6 is 11.8 Å². The van der Waals surface area contributed by atoms with Gasteiger partial charge in [0.1, 0.15) is 5.82 Å². The second kappa shape index (κ2) is 6.43. The second-order valence-electron chi connectivity index (χ2n) is 4.95. The average Bonchev–Trinajstić information content (AvgIpc) is 2.30. The molecule has 100 valence electrons. The SMILES string of the molecule is CC1CN(CCNc2ccc(F)cc2)CC(C)S1. The van der Waals surface area contributed by atoms with Crippen molar-refractivity contribution in [2.75, 3.05) is 31.5 Å². The van der Waals surface area contributed by atoms with E-state index in [4.69, 9.17) is 0 Å². The Morgan fingerprint density at radius 2 is 1.83 bits per heavy atom. The molecule has 0 aliphatic carbocycles. The van der Waals surface area contributed by atoms with Crippen molar-refractivity contribution in [2.24, 2.45) is 0 Å². The van der Waals surface area contributed by atoms with E-state index in [-0.39, 0.29) is 5.82 Å². The van der Waals surface area contributed by atoms with E-state index in [0.29, 0.717) is 0 Å². The third-order valence-electron chi connectivity index (χ3n) is 3.10. The number of anilines is 1. The number of nitrogens with one attached hydrogen (secondary N) is 1. The van der Waals surface area contributed by atoms with Gasteiger partial charge in [-0.25, -0.2) is 4.39 Å². The maximum Gasteiger partial charge on any atom is 0.123 e. The van der Waals surface area contributed by atoms with Crippen molar-refractivity contribution in [2.45, 2.75) is 24.3 Å². The van der Waals surface area contributed by atoms with Gasteiger partial charge in [-0.05, 0) is 24.3 Å². The van der Waals surface area contributed by atoms with Gasteiger partial charge < -0.3 is 5.32 Å². The number of hydrogen-bond donors (Lipinski definition) is 1. The molecule has 0 aromatic heterocycles. The van der Waals surface area contributed by atoms with Gasteiger partial charge in [-0.2, -0.15) is 11.8 Å². The van der Waals surface area contributed by atoms with Crippen molar-refractivity contribution in [1.82, 2.24) is 4.90 Å². The zero-order chi connectivity index (χ0) is 13.0. The molecule has 1 fully saturated rings. The second-order valence-corrected chi connectivity index (χ2v) is 6.83. The van der Waals surface area contributed by atoms with Gasteiger partial charge in [0, 0.05) is 42.4 Å². The van der Waals surface area contributed by atoms with Crippen molar-refractivity contribution in [3.8, 4) is 0 Å². The van der Waals surface area contributed by atoms with Crippen LogP contribution < -0.4 is 5.32 Å². The van der Waals surface area contributed by atoms with Crippen LogP contribution in [0.5, 0.6) is 0 Å². The summed E-state index contributed by atoms with van der Waals surface area (Å²) < 4.78 is 12.7. The fourth-order valence-corrected chi connectivity index (χ4v) is 3.78. The lowest BCUT2D eigenvalue weighted by Gasteiger charge is -2.34. The molecule has 4 heteroatoms. The Balaban J connectivity index is 1.73. The number of nitrogens with zero attached hydrogens (tertiary/aromatic N) is 1. The van der Waals surface area contributed by atoms with Gasteiger partial charge in [-0.3, -0.25) is 4.90 Å². The van der Waals surface area contributed by atoms with Gasteiger partial charge in [0.05, 0.1) is 0 Å². The fourth-order valence-electron chi connectivity index (χ4n) is 2.39. The predicted molar refractivity (Wildman–Crippen MR) is 77.8 cm³/mol. The van der Waals surface area contributed by atoms with Crippen LogP contribution in [0.15, 0.2) is 24.3 Å². The summed E-state index contributed by atoms with van der Waals surface area (Å²) >= 11 is 2.07. The van der Waals surface area contributed by atoms with E-state index >= 15 is 0 Å². The molecule has 18 heavy (non-hydrogen) atoms. The van der Waals surface area contributed by atoms with Crippen molar-refractivity contribution in [3.05, 3.63) is 30.1 Å². The summed E-state index contributed by atoms with van der Waals surface area (Å²) in [6, 6.07) is 6.55. The van der Waals surface area contributed by atoms with Crippen LogP contribution in [-0.4, -0.2) is 41.6 Å². The highest BCUT2D eigenvalue weighted by Gasteiger charge is 2.21. The fraction of sp³-hybridized carbons (Fsp3) is 0.571. The topological polar surface area (TPSA) is 15.3 Å². The maximum absolute atomic E-state index is 12.7. The summed E-state index contributed by atoms with van der Waals surface area (Å²) in [5.74, 6) is -0.184. The summed E-state index contributed by atoms with van der Waals surface area (Å²) in [4.78, 5) is 2.50.